The first-order valence-corrected chi connectivity index (χ1v) is 8.25. The zero-order valence-corrected chi connectivity index (χ0v) is 14.7. The number of ether oxygens (including phenoxy) is 2. The van der Waals surface area contributed by atoms with E-state index >= 15 is 0 Å². The van der Waals surface area contributed by atoms with Crippen LogP contribution in [0.25, 0.3) is 0 Å². The van der Waals surface area contributed by atoms with Crippen LogP contribution in [0.15, 0.2) is 48.5 Å². The van der Waals surface area contributed by atoms with Gasteiger partial charge in [-0.05, 0) is 42.8 Å². The Kier molecular flexibility index (Phi) is 7.30. The van der Waals surface area contributed by atoms with Gasteiger partial charge in [0.15, 0.2) is 6.61 Å². The van der Waals surface area contributed by atoms with Crippen molar-refractivity contribution in [3.63, 3.8) is 0 Å². The van der Waals surface area contributed by atoms with E-state index in [0.29, 0.717) is 12.4 Å². The molecule has 0 aliphatic rings. The number of imide groups is 1. The number of para-hydroxylation sites is 1. The van der Waals surface area contributed by atoms with Crippen molar-refractivity contribution in [3.05, 3.63) is 59.9 Å². The largest absolute Gasteiger partial charge is 0.494 e. The van der Waals surface area contributed by atoms with Gasteiger partial charge in [-0.1, -0.05) is 19.1 Å². The summed E-state index contributed by atoms with van der Waals surface area (Å²) in [7, 11) is 0. The van der Waals surface area contributed by atoms with Gasteiger partial charge in [0, 0.05) is 0 Å². The molecule has 0 saturated carbocycles. The van der Waals surface area contributed by atoms with E-state index in [0.717, 1.165) is 12.5 Å². The first-order valence-electron chi connectivity index (χ1n) is 8.25. The number of carbonyl (C=O) groups is 3. The zero-order chi connectivity index (χ0) is 19.6. The Morgan fingerprint density at radius 1 is 1.04 bits per heavy atom. The van der Waals surface area contributed by atoms with Gasteiger partial charge in [-0.2, -0.15) is 0 Å². The van der Waals surface area contributed by atoms with Gasteiger partial charge in [-0.15, -0.1) is 0 Å². The maximum absolute atomic E-state index is 13.4. The van der Waals surface area contributed by atoms with Crippen LogP contribution in [0.4, 0.5) is 14.9 Å². The van der Waals surface area contributed by atoms with Gasteiger partial charge in [0.25, 0.3) is 5.91 Å². The number of halogens is 1. The van der Waals surface area contributed by atoms with Crippen molar-refractivity contribution in [1.82, 2.24) is 5.32 Å². The van der Waals surface area contributed by atoms with Crippen LogP contribution in [0, 0.1) is 5.82 Å². The fourth-order valence-corrected chi connectivity index (χ4v) is 2.00. The lowest BCUT2D eigenvalue weighted by Gasteiger charge is -2.08. The van der Waals surface area contributed by atoms with Crippen LogP contribution in [0.2, 0.25) is 0 Å². The van der Waals surface area contributed by atoms with E-state index in [2.05, 4.69) is 5.32 Å². The van der Waals surface area contributed by atoms with Crippen molar-refractivity contribution in [3.8, 4) is 5.75 Å². The molecule has 2 rings (SSSR count). The summed E-state index contributed by atoms with van der Waals surface area (Å²) in [6.45, 7) is 1.89. The summed E-state index contributed by atoms with van der Waals surface area (Å²) in [6, 6.07) is 10.8. The summed E-state index contributed by atoms with van der Waals surface area (Å²) in [5.74, 6) is -1.59. The lowest BCUT2D eigenvalue weighted by molar-refractivity contribution is -0.123. The Balaban J connectivity index is 1.78. The lowest BCUT2D eigenvalue weighted by atomic mass is 10.2. The molecule has 27 heavy (non-hydrogen) atoms. The number of carbonyl (C=O) groups excluding carboxylic acids is 3. The summed E-state index contributed by atoms with van der Waals surface area (Å²) in [4.78, 5) is 35.2. The quantitative estimate of drug-likeness (QED) is 0.727. The second-order valence-corrected chi connectivity index (χ2v) is 5.43. The van der Waals surface area contributed by atoms with Crippen LogP contribution >= 0.6 is 0 Å². The maximum Gasteiger partial charge on any atom is 0.338 e. The molecule has 2 N–H and O–H groups in total. The molecule has 0 bridgehead atoms. The van der Waals surface area contributed by atoms with Crippen molar-refractivity contribution in [2.45, 2.75) is 13.3 Å². The van der Waals surface area contributed by atoms with Crippen LogP contribution in [-0.2, 0) is 9.53 Å². The first-order chi connectivity index (χ1) is 13.0. The number of hydrogen-bond donors (Lipinski definition) is 2. The second kappa shape index (κ2) is 9.91. The van der Waals surface area contributed by atoms with Gasteiger partial charge >= 0.3 is 12.0 Å². The molecule has 8 heteroatoms. The van der Waals surface area contributed by atoms with Gasteiger partial charge < -0.3 is 14.8 Å². The third-order valence-corrected chi connectivity index (χ3v) is 3.27. The predicted molar refractivity (Wildman–Crippen MR) is 96.1 cm³/mol. The molecule has 0 atom stereocenters. The van der Waals surface area contributed by atoms with Crippen molar-refractivity contribution in [2.75, 3.05) is 18.5 Å². The number of amides is 3. The highest BCUT2D eigenvalue weighted by molar-refractivity contribution is 6.02. The van der Waals surface area contributed by atoms with E-state index < -0.39 is 30.3 Å². The smallest absolute Gasteiger partial charge is 0.338 e. The number of nitrogens with one attached hydrogen (secondary N) is 2. The van der Waals surface area contributed by atoms with Gasteiger partial charge in [-0.25, -0.2) is 14.0 Å². The molecule has 0 saturated heterocycles. The molecule has 0 heterocycles. The second-order valence-electron chi connectivity index (χ2n) is 5.43. The molecule has 0 fully saturated rings. The molecular formula is C19H19FN2O5. The molecule has 142 valence electrons. The van der Waals surface area contributed by atoms with Crippen molar-refractivity contribution in [1.29, 1.82) is 0 Å². The summed E-state index contributed by atoms with van der Waals surface area (Å²) in [6.07, 6.45) is 0.864. The molecule has 0 aliphatic heterocycles. The minimum Gasteiger partial charge on any atom is -0.494 e. The van der Waals surface area contributed by atoms with Crippen molar-refractivity contribution < 1.29 is 28.2 Å². The summed E-state index contributed by atoms with van der Waals surface area (Å²) in [5, 5.41) is 4.12. The highest BCUT2D eigenvalue weighted by atomic mass is 19.1. The molecule has 2 aromatic carbocycles. The molecule has 0 aliphatic carbocycles. The Hall–Kier alpha value is -3.42. The van der Waals surface area contributed by atoms with Crippen molar-refractivity contribution in [2.24, 2.45) is 0 Å². The molecule has 0 aromatic heterocycles. The van der Waals surface area contributed by atoms with Gasteiger partial charge in [0.1, 0.15) is 11.6 Å². The van der Waals surface area contributed by atoms with Crippen molar-refractivity contribution >= 4 is 23.6 Å². The number of esters is 1. The highest BCUT2D eigenvalue weighted by Gasteiger charge is 2.13. The predicted octanol–water partition coefficient (Wildman–Crippen LogP) is 3.12. The summed E-state index contributed by atoms with van der Waals surface area (Å²) in [5.41, 5.74) is 0.160. The van der Waals surface area contributed by atoms with Crippen LogP contribution in [0.5, 0.6) is 5.75 Å². The van der Waals surface area contributed by atoms with E-state index in [1.54, 1.807) is 12.1 Å². The topological polar surface area (TPSA) is 93.7 Å². The molecule has 0 unspecified atom stereocenters. The van der Waals surface area contributed by atoms with E-state index in [1.807, 2.05) is 12.2 Å². The summed E-state index contributed by atoms with van der Waals surface area (Å²) >= 11 is 0. The summed E-state index contributed by atoms with van der Waals surface area (Å²) < 4.78 is 23.7. The van der Waals surface area contributed by atoms with E-state index in [-0.39, 0.29) is 11.3 Å². The van der Waals surface area contributed by atoms with Gasteiger partial charge in [0.05, 0.1) is 17.9 Å². The fourth-order valence-electron chi connectivity index (χ4n) is 2.00. The van der Waals surface area contributed by atoms with Crippen LogP contribution in [-0.4, -0.2) is 31.1 Å². The monoisotopic (exact) mass is 374 g/mol. The minimum atomic E-state index is -0.932. The number of anilines is 1. The Morgan fingerprint density at radius 3 is 2.41 bits per heavy atom. The number of hydrogen-bond acceptors (Lipinski definition) is 5. The Labute approximate surface area is 155 Å². The third-order valence-electron chi connectivity index (χ3n) is 3.27. The molecule has 0 radical (unpaired) electrons. The zero-order valence-electron chi connectivity index (χ0n) is 14.7. The van der Waals surface area contributed by atoms with Gasteiger partial charge in [0.2, 0.25) is 0 Å². The van der Waals surface area contributed by atoms with Crippen LogP contribution in [0.1, 0.15) is 23.7 Å². The average Bonchev–Trinajstić information content (AvgIpc) is 2.66. The number of rotatable bonds is 7. The fraction of sp³-hybridized carbons (Fsp3) is 0.211. The number of benzene rings is 2. The lowest BCUT2D eigenvalue weighted by Crippen LogP contribution is -2.37. The Morgan fingerprint density at radius 2 is 1.74 bits per heavy atom. The molecular weight excluding hydrogens is 355 g/mol. The van der Waals surface area contributed by atoms with Crippen LogP contribution in [0.3, 0.4) is 0 Å². The SMILES string of the molecule is CCCOc1ccc(C(=O)OCC(=O)NC(=O)Nc2ccccc2F)cc1. The normalized spacial score (nSPS) is 10.0. The van der Waals surface area contributed by atoms with E-state index in [4.69, 9.17) is 9.47 Å². The molecule has 7 nitrogen and oxygen atoms in total. The standard InChI is InChI=1S/C19H19FN2O5/c1-2-11-26-14-9-7-13(8-10-14)18(24)27-12-17(23)22-19(25)21-16-6-4-3-5-15(16)20/h3-10H,2,11-12H2,1H3,(H2,21,22,23,25). The average molecular weight is 374 g/mol. The molecule has 0 spiro atoms. The molecule has 3 amide bonds. The van der Waals surface area contributed by atoms with E-state index in [9.17, 15) is 18.8 Å². The highest BCUT2D eigenvalue weighted by Crippen LogP contribution is 2.13. The van der Waals surface area contributed by atoms with E-state index in [1.165, 1.54) is 30.3 Å². The maximum atomic E-state index is 13.4. The number of urea groups is 1. The first kappa shape index (κ1) is 19.9. The van der Waals surface area contributed by atoms with Gasteiger partial charge in [-0.3, -0.25) is 10.1 Å². The Bertz CT molecular complexity index is 808. The molecule has 2 aromatic rings. The third kappa shape index (κ3) is 6.43. The van der Waals surface area contributed by atoms with Crippen LogP contribution < -0.4 is 15.4 Å². The minimum absolute atomic E-state index is 0.0785.